The van der Waals surface area contributed by atoms with E-state index in [2.05, 4.69) is 34.6 Å². The molecule has 3 rings (SSSR count). The van der Waals surface area contributed by atoms with E-state index >= 15 is 0 Å². The number of carbonyl (C=O) groups excluding carboxylic acids is 1. The fraction of sp³-hybridized carbons (Fsp3) is 0.417. The molecule has 1 atom stereocenters. The van der Waals surface area contributed by atoms with Crippen molar-refractivity contribution < 1.29 is 13.9 Å². The Kier molecular flexibility index (Phi) is 6.98. The van der Waals surface area contributed by atoms with Crippen molar-refractivity contribution in [3.05, 3.63) is 70.2 Å². The van der Waals surface area contributed by atoms with Crippen LogP contribution >= 0.6 is 0 Å². The molecule has 2 N–H and O–H groups in total. The van der Waals surface area contributed by atoms with Crippen molar-refractivity contribution in [2.24, 2.45) is 0 Å². The molecule has 0 aliphatic heterocycles. The van der Waals surface area contributed by atoms with Gasteiger partial charge < -0.3 is 14.5 Å². The first-order valence-electron chi connectivity index (χ1n) is 10.4. The first-order chi connectivity index (χ1) is 14.3. The van der Waals surface area contributed by atoms with Crippen molar-refractivity contribution in [3.8, 4) is 0 Å². The molecule has 1 heterocycles. The highest BCUT2D eigenvalue weighted by atomic mass is 16.6. The van der Waals surface area contributed by atoms with Crippen LogP contribution in [-0.4, -0.2) is 22.7 Å². The Balaban J connectivity index is 1.62. The van der Waals surface area contributed by atoms with Crippen LogP contribution in [0, 0.1) is 0 Å². The number of aromatic amines is 1. The van der Waals surface area contributed by atoms with Crippen molar-refractivity contribution in [2.45, 2.75) is 64.5 Å². The number of rotatable bonds is 8. The molecule has 0 fully saturated rings. The highest BCUT2D eigenvalue weighted by Gasteiger charge is 2.20. The van der Waals surface area contributed by atoms with Gasteiger partial charge in [-0.3, -0.25) is 4.98 Å². The molecule has 2 aromatic carbocycles. The summed E-state index contributed by atoms with van der Waals surface area (Å²) in [5, 5.41) is 3.01. The Bertz CT molecular complexity index is 1010. The molecule has 0 saturated carbocycles. The highest BCUT2D eigenvalue weighted by molar-refractivity contribution is 5.73. The topological polar surface area (TPSA) is 84.3 Å². The number of ether oxygens (including phenoxy) is 1. The van der Waals surface area contributed by atoms with Gasteiger partial charge in [-0.15, -0.1) is 0 Å². The van der Waals surface area contributed by atoms with Gasteiger partial charge in [0.05, 0.1) is 5.52 Å². The standard InChI is InChI=1S/C24H30N2O4/c1-24(2,3)30-23(28)25-19(12-8-7-11-17-9-5-4-6-10-17)15-18-13-14-20-21(16-18)29-22(27)26-20/h4-6,9-10,13-14,16,19H,7-8,11-12,15H2,1-3H3,(H,25,28)(H,26,27). The van der Waals surface area contributed by atoms with E-state index in [0.29, 0.717) is 17.5 Å². The number of benzene rings is 2. The molecule has 3 aromatic rings. The van der Waals surface area contributed by atoms with Crippen LogP contribution in [0.4, 0.5) is 4.79 Å². The van der Waals surface area contributed by atoms with Crippen LogP contribution in [0.2, 0.25) is 0 Å². The lowest BCUT2D eigenvalue weighted by Gasteiger charge is -2.24. The molecule has 6 nitrogen and oxygen atoms in total. The number of unbranched alkanes of at least 4 members (excludes halogenated alkanes) is 1. The monoisotopic (exact) mass is 410 g/mol. The van der Waals surface area contributed by atoms with Gasteiger partial charge >= 0.3 is 11.8 Å². The number of hydrogen-bond acceptors (Lipinski definition) is 4. The predicted molar refractivity (Wildman–Crippen MR) is 118 cm³/mol. The number of carbonyl (C=O) groups is 1. The summed E-state index contributed by atoms with van der Waals surface area (Å²) < 4.78 is 10.6. The number of hydrogen-bond donors (Lipinski definition) is 2. The molecule has 0 saturated heterocycles. The zero-order valence-corrected chi connectivity index (χ0v) is 17.9. The Morgan fingerprint density at radius 3 is 2.60 bits per heavy atom. The van der Waals surface area contributed by atoms with Crippen LogP contribution in [0.5, 0.6) is 0 Å². The van der Waals surface area contributed by atoms with Crippen LogP contribution in [0.25, 0.3) is 11.1 Å². The van der Waals surface area contributed by atoms with E-state index in [9.17, 15) is 9.59 Å². The van der Waals surface area contributed by atoms with Gasteiger partial charge in [0, 0.05) is 6.04 Å². The minimum Gasteiger partial charge on any atom is -0.444 e. The number of aryl methyl sites for hydroxylation is 1. The second kappa shape index (κ2) is 9.65. The Morgan fingerprint density at radius 1 is 1.10 bits per heavy atom. The van der Waals surface area contributed by atoms with Crippen LogP contribution in [0.1, 0.15) is 51.2 Å². The molecule has 0 spiro atoms. The zero-order chi connectivity index (χ0) is 21.6. The molecule has 160 valence electrons. The fourth-order valence-electron chi connectivity index (χ4n) is 3.47. The minimum atomic E-state index is -0.546. The van der Waals surface area contributed by atoms with Gasteiger partial charge in [0.2, 0.25) is 0 Å². The average molecular weight is 411 g/mol. The van der Waals surface area contributed by atoms with Gasteiger partial charge in [-0.05, 0) is 69.7 Å². The summed E-state index contributed by atoms with van der Waals surface area (Å²) in [5.41, 5.74) is 2.97. The summed E-state index contributed by atoms with van der Waals surface area (Å²) in [5.74, 6) is -0.466. The summed E-state index contributed by atoms with van der Waals surface area (Å²) in [6, 6.07) is 16.0. The zero-order valence-electron chi connectivity index (χ0n) is 17.9. The van der Waals surface area contributed by atoms with E-state index in [1.54, 1.807) is 0 Å². The second-order valence-electron chi connectivity index (χ2n) is 8.62. The van der Waals surface area contributed by atoms with Gasteiger partial charge in [0.15, 0.2) is 5.58 Å². The number of nitrogens with one attached hydrogen (secondary N) is 2. The molecular weight excluding hydrogens is 380 g/mol. The molecule has 1 aromatic heterocycles. The summed E-state index contributed by atoms with van der Waals surface area (Å²) in [6.07, 6.45) is 4.10. The van der Waals surface area contributed by atoms with Crippen LogP contribution < -0.4 is 11.1 Å². The molecular formula is C24H30N2O4. The van der Waals surface area contributed by atoms with Gasteiger partial charge in [0.25, 0.3) is 0 Å². The number of H-pyrrole nitrogens is 1. The molecule has 1 amide bonds. The first-order valence-corrected chi connectivity index (χ1v) is 10.4. The van der Waals surface area contributed by atoms with E-state index < -0.39 is 17.5 Å². The van der Waals surface area contributed by atoms with Crippen molar-refractivity contribution in [1.29, 1.82) is 0 Å². The van der Waals surface area contributed by atoms with Gasteiger partial charge in [0.1, 0.15) is 5.60 Å². The largest absolute Gasteiger partial charge is 0.444 e. The maximum Gasteiger partial charge on any atom is 0.417 e. The third kappa shape index (κ3) is 6.79. The van der Waals surface area contributed by atoms with Crippen molar-refractivity contribution >= 4 is 17.2 Å². The summed E-state index contributed by atoms with van der Waals surface area (Å²) >= 11 is 0. The van der Waals surface area contributed by atoms with Gasteiger partial charge in [-0.2, -0.15) is 0 Å². The lowest BCUT2D eigenvalue weighted by Crippen LogP contribution is -2.40. The van der Waals surface area contributed by atoms with E-state index in [0.717, 1.165) is 31.2 Å². The van der Waals surface area contributed by atoms with Crippen molar-refractivity contribution in [3.63, 3.8) is 0 Å². The molecule has 30 heavy (non-hydrogen) atoms. The summed E-state index contributed by atoms with van der Waals surface area (Å²) in [4.78, 5) is 26.4. The molecule has 0 aliphatic rings. The van der Waals surface area contributed by atoms with E-state index in [1.807, 2.05) is 45.0 Å². The summed E-state index contributed by atoms with van der Waals surface area (Å²) in [7, 11) is 0. The number of aromatic nitrogens is 1. The molecule has 0 radical (unpaired) electrons. The van der Waals surface area contributed by atoms with Crippen LogP contribution in [-0.2, 0) is 17.6 Å². The third-order valence-electron chi connectivity index (χ3n) is 4.80. The quantitative estimate of drug-likeness (QED) is 0.514. The van der Waals surface area contributed by atoms with Gasteiger partial charge in [-0.25, -0.2) is 9.59 Å². The van der Waals surface area contributed by atoms with Crippen molar-refractivity contribution in [2.75, 3.05) is 0 Å². The van der Waals surface area contributed by atoms with E-state index in [4.69, 9.17) is 9.15 Å². The van der Waals surface area contributed by atoms with Crippen LogP contribution in [0.3, 0.4) is 0 Å². The summed E-state index contributed by atoms with van der Waals surface area (Å²) in [6.45, 7) is 5.55. The smallest absolute Gasteiger partial charge is 0.417 e. The second-order valence-corrected chi connectivity index (χ2v) is 8.62. The Hall–Kier alpha value is -3.02. The number of oxazole rings is 1. The maximum absolute atomic E-state index is 12.3. The fourth-order valence-corrected chi connectivity index (χ4v) is 3.47. The Labute approximate surface area is 176 Å². The number of alkyl carbamates (subject to hydrolysis) is 1. The molecule has 6 heteroatoms. The SMILES string of the molecule is CC(C)(C)OC(=O)NC(CCCCc1ccccc1)Cc1ccc2[nH]c(=O)oc2c1. The molecule has 0 aliphatic carbocycles. The number of fused-ring (bicyclic) bond motifs is 1. The lowest BCUT2D eigenvalue weighted by molar-refractivity contribution is 0.0501. The lowest BCUT2D eigenvalue weighted by atomic mass is 9.99. The third-order valence-corrected chi connectivity index (χ3v) is 4.80. The van der Waals surface area contributed by atoms with E-state index in [-0.39, 0.29) is 6.04 Å². The highest BCUT2D eigenvalue weighted by Crippen LogP contribution is 2.17. The number of amides is 1. The average Bonchev–Trinajstić information content (AvgIpc) is 3.03. The molecule has 1 unspecified atom stereocenters. The van der Waals surface area contributed by atoms with Crippen LogP contribution in [0.15, 0.2) is 57.7 Å². The normalized spacial score (nSPS) is 12.6. The van der Waals surface area contributed by atoms with Crippen molar-refractivity contribution in [1.82, 2.24) is 10.3 Å². The molecule has 0 bridgehead atoms. The van der Waals surface area contributed by atoms with Gasteiger partial charge in [-0.1, -0.05) is 42.8 Å². The Morgan fingerprint density at radius 2 is 1.87 bits per heavy atom. The maximum atomic E-state index is 12.3. The van der Waals surface area contributed by atoms with E-state index in [1.165, 1.54) is 5.56 Å². The minimum absolute atomic E-state index is 0.0706. The first kappa shape index (κ1) is 21.7. The predicted octanol–water partition coefficient (Wildman–Crippen LogP) is 4.97.